The summed E-state index contributed by atoms with van der Waals surface area (Å²) in [7, 11) is 1.62. The number of nitrogens with zero attached hydrogens (tertiary/aromatic N) is 2. The predicted octanol–water partition coefficient (Wildman–Crippen LogP) is 4.65. The molecule has 3 aromatic rings. The zero-order chi connectivity index (χ0) is 28.4. The first kappa shape index (κ1) is 28.4. The minimum atomic E-state index is -2.07. The van der Waals surface area contributed by atoms with Crippen LogP contribution in [0.25, 0.3) is 11.3 Å². The lowest BCUT2D eigenvalue weighted by atomic mass is 9.78. The van der Waals surface area contributed by atoms with E-state index in [1.165, 1.54) is 20.0 Å². The molecule has 2 unspecified atom stereocenters. The summed E-state index contributed by atoms with van der Waals surface area (Å²) in [6.45, 7) is 7.90. The quantitative estimate of drug-likeness (QED) is 0.278. The van der Waals surface area contributed by atoms with Crippen LogP contribution in [0.4, 0.5) is 21.6 Å². The summed E-state index contributed by atoms with van der Waals surface area (Å²) in [6, 6.07) is 12.9. The first-order valence-corrected chi connectivity index (χ1v) is 13.1. The first-order chi connectivity index (χ1) is 18.5. The molecule has 0 saturated carbocycles. The van der Waals surface area contributed by atoms with Gasteiger partial charge in [0.15, 0.2) is 11.5 Å². The lowest BCUT2D eigenvalue weighted by Gasteiger charge is -2.43. The number of carbonyl (C=O) groups excluding carboxylic acids is 2. The van der Waals surface area contributed by atoms with Gasteiger partial charge in [-0.15, -0.1) is 0 Å². The number of fused-ring (bicyclic) bond motifs is 1. The van der Waals surface area contributed by atoms with Crippen LogP contribution < -0.4 is 16.4 Å². The molecule has 0 saturated heterocycles. The van der Waals surface area contributed by atoms with Gasteiger partial charge in [-0.25, -0.2) is 9.37 Å². The van der Waals surface area contributed by atoms with Crippen molar-refractivity contribution in [1.29, 1.82) is 0 Å². The van der Waals surface area contributed by atoms with Crippen molar-refractivity contribution < 1.29 is 18.7 Å². The molecule has 2 aromatic heterocycles. The van der Waals surface area contributed by atoms with E-state index in [1.807, 2.05) is 44.2 Å². The number of halogens is 1. The van der Waals surface area contributed by atoms with Gasteiger partial charge in [-0.2, -0.15) is 0 Å². The fraction of sp³-hybridized carbons (Fsp3) is 0.414. The van der Waals surface area contributed by atoms with Crippen molar-refractivity contribution in [2.45, 2.75) is 58.0 Å². The van der Waals surface area contributed by atoms with Gasteiger partial charge in [0.25, 0.3) is 5.91 Å². The molecule has 2 atom stereocenters. The molecule has 10 heteroatoms. The average Bonchev–Trinajstić information content (AvgIpc) is 3.25. The van der Waals surface area contributed by atoms with Crippen molar-refractivity contribution in [3.05, 3.63) is 59.9 Å². The summed E-state index contributed by atoms with van der Waals surface area (Å²) < 4.78 is 20.0. The number of carbonyl (C=O) groups is 2. The molecule has 208 valence electrons. The number of rotatable bonds is 10. The minimum absolute atomic E-state index is 0.101. The molecule has 1 aliphatic carbocycles. The molecule has 0 radical (unpaired) electrons. The van der Waals surface area contributed by atoms with Gasteiger partial charge in [-0.05, 0) is 51.2 Å². The van der Waals surface area contributed by atoms with Crippen LogP contribution in [0.5, 0.6) is 0 Å². The average molecular weight is 537 g/mol. The summed E-state index contributed by atoms with van der Waals surface area (Å²) >= 11 is 0. The van der Waals surface area contributed by atoms with E-state index in [0.29, 0.717) is 34.6 Å². The van der Waals surface area contributed by atoms with Crippen molar-refractivity contribution in [2.24, 2.45) is 5.73 Å². The maximum atomic E-state index is 14.2. The van der Waals surface area contributed by atoms with E-state index in [-0.39, 0.29) is 18.0 Å². The van der Waals surface area contributed by atoms with Crippen LogP contribution in [0, 0.1) is 0 Å². The SMILES string of the molecule is CCN(CC)C(OC)C1(N)CC(=O)c2c([nH]c(-c3ccnc(NC(=O)C(C)(C)F)c3)c2Nc2ccccc2)C1. The van der Waals surface area contributed by atoms with E-state index >= 15 is 0 Å². The Bertz CT molecular complexity index is 1330. The highest BCUT2D eigenvalue weighted by Crippen LogP contribution is 2.42. The van der Waals surface area contributed by atoms with Gasteiger partial charge in [0.1, 0.15) is 12.0 Å². The van der Waals surface area contributed by atoms with Gasteiger partial charge >= 0.3 is 0 Å². The predicted molar refractivity (Wildman–Crippen MR) is 151 cm³/mol. The topological polar surface area (TPSA) is 125 Å². The third-order valence-electron chi connectivity index (χ3n) is 7.08. The van der Waals surface area contributed by atoms with Crippen LogP contribution in [0.1, 0.15) is 50.2 Å². The van der Waals surface area contributed by atoms with Crippen LogP contribution in [-0.4, -0.2) is 64.2 Å². The van der Waals surface area contributed by atoms with E-state index in [2.05, 4.69) is 25.5 Å². The minimum Gasteiger partial charge on any atom is -0.364 e. The Balaban J connectivity index is 1.80. The van der Waals surface area contributed by atoms with E-state index in [9.17, 15) is 14.0 Å². The summed E-state index contributed by atoms with van der Waals surface area (Å²) in [6.07, 6.45) is 1.57. The Morgan fingerprint density at radius 2 is 1.92 bits per heavy atom. The molecule has 0 bridgehead atoms. The second-order valence-corrected chi connectivity index (χ2v) is 10.4. The van der Waals surface area contributed by atoms with E-state index in [4.69, 9.17) is 10.5 Å². The number of likely N-dealkylation sites (N-methyl/N-ethyl adjacent to an activating group) is 1. The fourth-order valence-corrected chi connectivity index (χ4v) is 5.17. The molecule has 0 spiro atoms. The number of hydrogen-bond donors (Lipinski definition) is 4. The number of ether oxygens (including phenoxy) is 1. The number of amides is 1. The van der Waals surface area contributed by atoms with Crippen molar-refractivity contribution in [3.63, 3.8) is 0 Å². The Hall–Kier alpha value is -3.60. The van der Waals surface area contributed by atoms with Crippen LogP contribution in [0.3, 0.4) is 0 Å². The Morgan fingerprint density at radius 3 is 2.54 bits per heavy atom. The van der Waals surface area contributed by atoms with Gasteiger partial charge in [0.05, 0.1) is 22.5 Å². The number of aromatic nitrogens is 2. The lowest BCUT2D eigenvalue weighted by Crippen LogP contribution is -2.62. The second-order valence-electron chi connectivity index (χ2n) is 10.4. The van der Waals surface area contributed by atoms with Crippen molar-refractivity contribution in [3.8, 4) is 11.3 Å². The van der Waals surface area contributed by atoms with E-state index < -0.39 is 23.3 Å². The zero-order valence-corrected chi connectivity index (χ0v) is 23.1. The van der Waals surface area contributed by atoms with Crippen molar-refractivity contribution in [2.75, 3.05) is 30.8 Å². The Kier molecular flexibility index (Phi) is 8.20. The third-order valence-corrected chi connectivity index (χ3v) is 7.08. The number of Topliss-reactive ketones (excluding diaryl/α,β-unsaturated/α-hetero) is 1. The van der Waals surface area contributed by atoms with Crippen LogP contribution in [0.2, 0.25) is 0 Å². The molecule has 2 heterocycles. The number of methoxy groups -OCH3 is 1. The maximum absolute atomic E-state index is 14.2. The number of alkyl halides is 1. The molecule has 0 aliphatic heterocycles. The number of benzene rings is 1. The number of hydrogen-bond acceptors (Lipinski definition) is 7. The molecule has 1 amide bonds. The highest BCUT2D eigenvalue weighted by molar-refractivity contribution is 6.08. The molecular formula is C29H37FN6O3. The molecule has 39 heavy (non-hydrogen) atoms. The second kappa shape index (κ2) is 11.3. The van der Waals surface area contributed by atoms with Crippen LogP contribution in [0.15, 0.2) is 48.7 Å². The van der Waals surface area contributed by atoms with Crippen molar-refractivity contribution >= 4 is 28.9 Å². The number of ketones is 1. The first-order valence-electron chi connectivity index (χ1n) is 13.1. The number of pyridine rings is 1. The smallest absolute Gasteiger partial charge is 0.262 e. The number of para-hydroxylation sites is 1. The highest BCUT2D eigenvalue weighted by atomic mass is 19.1. The van der Waals surface area contributed by atoms with E-state index in [0.717, 1.165) is 18.8 Å². The standard InChI is InChI=1S/C29H37FN6O3/c1-6-36(7-2)27(39-5)29(31)16-20-23(21(37)17-29)25(33-19-11-9-8-10-12-19)24(34-20)18-13-14-32-22(15-18)35-26(38)28(3,4)30/h8-15,27,33-34H,6-7,16-17,31H2,1-5H3,(H,32,35,38). The van der Waals surface area contributed by atoms with Gasteiger partial charge < -0.3 is 26.1 Å². The number of anilines is 3. The normalized spacial score (nSPS) is 18.1. The van der Waals surface area contributed by atoms with Crippen LogP contribution >= 0.6 is 0 Å². The Labute approximate surface area is 228 Å². The zero-order valence-electron chi connectivity index (χ0n) is 23.1. The number of nitrogens with two attached hydrogens (primary N) is 1. The Morgan fingerprint density at radius 1 is 1.23 bits per heavy atom. The highest BCUT2D eigenvalue weighted by Gasteiger charge is 2.46. The van der Waals surface area contributed by atoms with E-state index in [1.54, 1.807) is 19.2 Å². The molecular weight excluding hydrogens is 499 g/mol. The van der Waals surface area contributed by atoms with Crippen molar-refractivity contribution in [1.82, 2.24) is 14.9 Å². The summed E-state index contributed by atoms with van der Waals surface area (Å²) in [4.78, 5) is 35.7. The number of nitrogens with one attached hydrogen (secondary N) is 3. The van der Waals surface area contributed by atoms with Gasteiger partial charge in [-0.1, -0.05) is 32.0 Å². The molecule has 1 aliphatic rings. The van der Waals surface area contributed by atoms with Gasteiger partial charge in [0, 0.05) is 43.1 Å². The lowest BCUT2D eigenvalue weighted by molar-refractivity contribution is -0.125. The van der Waals surface area contributed by atoms with Gasteiger partial charge in [-0.3, -0.25) is 14.5 Å². The van der Waals surface area contributed by atoms with Gasteiger partial charge in [0.2, 0.25) is 0 Å². The molecule has 4 rings (SSSR count). The number of aromatic amines is 1. The molecule has 9 nitrogen and oxygen atoms in total. The number of H-pyrrole nitrogens is 1. The molecule has 5 N–H and O–H groups in total. The largest absolute Gasteiger partial charge is 0.364 e. The molecule has 1 aromatic carbocycles. The maximum Gasteiger partial charge on any atom is 0.262 e. The summed E-state index contributed by atoms with van der Waals surface area (Å²) in [5.41, 5.74) is 7.85. The van der Waals surface area contributed by atoms with Crippen LogP contribution in [-0.2, 0) is 16.0 Å². The summed E-state index contributed by atoms with van der Waals surface area (Å²) in [5, 5.41) is 5.93. The molecule has 0 fully saturated rings. The fourth-order valence-electron chi connectivity index (χ4n) is 5.17. The monoisotopic (exact) mass is 536 g/mol. The third kappa shape index (κ3) is 5.88. The summed E-state index contributed by atoms with van der Waals surface area (Å²) in [5.74, 6) is -0.705.